The third kappa shape index (κ3) is 3.82. The van der Waals surface area contributed by atoms with Gasteiger partial charge in [0.15, 0.2) is 0 Å². The van der Waals surface area contributed by atoms with E-state index in [9.17, 15) is 35.4 Å². The average molecular weight is 521 g/mol. The predicted octanol–water partition coefficient (Wildman–Crippen LogP) is 3.43. The molecule has 7 nitrogen and oxygen atoms in total. The number of aliphatic hydroxyl groups is 5. The fourth-order valence-electron chi connectivity index (χ4n) is 9.29. The van der Waals surface area contributed by atoms with Crippen LogP contribution in [0.1, 0.15) is 87.0 Å². The molecule has 37 heavy (non-hydrogen) atoms. The highest BCUT2D eigenvalue weighted by Crippen LogP contribution is 2.72. The zero-order chi connectivity index (χ0) is 28.0. The minimum Gasteiger partial charge on any atom is -0.481 e. The Morgan fingerprint density at radius 3 is 2.22 bits per heavy atom. The van der Waals surface area contributed by atoms with Gasteiger partial charge in [-0.2, -0.15) is 0 Å². The molecular weight excluding hydrogens is 472 g/mol. The Balaban J connectivity index is 1.97. The van der Waals surface area contributed by atoms with Gasteiger partial charge in [0.05, 0.1) is 30.5 Å². The molecule has 4 rings (SSSR count). The van der Waals surface area contributed by atoms with Gasteiger partial charge in [-0.1, -0.05) is 59.3 Å². The number of carboxylic acid groups (broad SMARTS) is 1. The van der Waals surface area contributed by atoms with Crippen LogP contribution in [0.25, 0.3) is 0 Å². The van der Waals surface area contributed by atoms with Gasteiger partial charge in [-0.3, -0.25) is 4.79 Å². The lowest BCUT2D eigenvalue weighted by Crippen LogP contribution is -2.70. The van der Waals surface area contributed by atoms with Crippen molar-refractivity contribution in [3.8, 4) is 0 Å². The van der Waals surface area contributed by atoms with Crippen LogP contribution < -0.4 is 0 Å². The lowest BCUT2D eigenvalue weighted by atomic mass is 9.36. The van der Waals surface area contributed by atoms with Crippen molar-refractivity contribution in [3.63, 3.8) is 0 Å². The topological polar surface area (TPSA) is 138 Å². The van der Waals surface area contributed by atoms with Gasteiger partial charge in [0.25, 0.3) is 0 Å². The lowest BCUT2D eigenvalue weighted by Gasteiger charge is -2.69. The number of aliphatic hydroxyl groups excluding tert-OH is 4. The summed E-state index contributed by atoms with van der Waals surface area (Å²) in [5, 5.41) is 66.0. The van der Waals surface area contributed by atoms with E-state index in [1.54, 1.807) is 6.92 Å². The molecule has 6 N–H and O–H groups in total. The van der Waals surface area contributed by atoms with Gasteiger partial charge in [-0.25, -0.2) is 0 Å². The molecule has 0 spiro atoms. The van der Waals surface area contributed by atoms with Crippen molar-refractivity contribution in [2.24, 2.45) is 38.9 Å². The van der Waals surface area contributed by atoms with E-state index in [1.165, 1.54) is 0 Å². The van der Waals surface area contributed by atoms with Crippen LogP contribution in [0, 0.1) is 38.9 Å². The SMILES string of the molecule is CC1(C)CC2=C3C=C[C@@H]4[C@@](C)(CCC(=O)O)[C@H]([C@](C)(O)CO)CC(O)[C@@]4(C)[C@]3(C)C(O)C[C@@]2(C)C(O)C1. The summed E-state index contributed by atoms with van der Waals surface area (Å²) in [6.45, 7) is 13.4. The number of aliphatic carboxylic acids is 1. The number of hydrogen-bond acceptors (Lipinski definition) is 6. The minimum atomic E-state index is -1.51. The summed E-state index contributed by atoms with van der Waals surface area (Å²) < 4.78 is 0. The zero-order valence-corrected chi connectivity index (χ0v) is 23.6. The maximum Gasteiger partial charge on any atom is 0.303 e. The third-order valence-electron chi connectivity index (χ3n) is 11.8. The molecule has 0 saturated heterocycles. The Hall–Kier alpha value is -1.25. The first-order chi connectivity index (χ1) is 16.8. The second-order valence-corrected chi connectivity index (χ2v) is 14.6. The first-order valence-electron chi connectivity index (χ1n) is 13.8. The van der Waals surface area contributed by atoms with Crippen molar-refractivity contribution in [2.45, 2.75) is 111 Å². The van der Waals surface area contributed by atoms with Crippen LogP contribution >= 0.6 is 0 Å². The molecule has 4 aliphatic carbocycles. The smallest absolute Gasteiger partial charge is 0.303 e. The van der Waals surface area contributed by atoms with E-state index in [-0.39, 0.29) is 30.6 Å². The Morgan fingerprint density at radius 1 is 1.03 bits per heavy atom. The summed E-state index contributed by atoms with van der Waals surface area (Å²) in [5.41, 5.74) is -2.55. The van der Waals surface area contributed by atoms with E-state index in [2.05, 4.69) is 26.0 Å². The normalized spacial score (nSPS) is 48.5. The zero-order valence-electron chi connectivity index (χ0n) is 23.6. The van der Waals surface area contributed by atoms with E-state index in [1.807, 2.05) is 27.7 Å². The van der Waals surface area contributed by atoms with Crippen LogP contribution in [-0.4, -0.2) is 67.1 Å². The number of rotatable bonds is 5. The van der Waals surface area contributed by atoms with Gasteiger partial charge in [0, 0.05) is 22.7 Å². The first-order valence-corrected chi connectivity index (χ1v) is 13.8. The summed E-state index contributed by atoms with van der Waals surface area (Å²) in [4.78, 5) is 11.7. The van der Waals surface area contributed by atoms with E-state index < -0.39 is 64.1 Å². The van der Waals surface area contributed by atoms with Gasteiger partial charge in [-0.15, -0.1) is 0 Å². The fraction of sp³-hybridized carbons (Fsp3) is 0.833. The Morgan fingerprint density at radius 2 is 1.65 bits per heavy atom. The second kappa shape index (κ2) is 8.62. The highest BCUT2D eigenvalue weighted by atomic mass is 16.4. The van der Waals surface area contributed by atoms with E-state index >= 15 is 0 Å². The molecule has 2 saturated carbocycles. The summed E-state index contributed by atoms with van der Waals surface area (Å²) in [6, 6.07) is 0. The lowest BCUT2D eigenvalue weighted by molar-refractivity contribution is -0.236. The highest BCUT2D eigenvalue weighted by Gasteiger charge is 2.70. The molecule has 2 fully saturated rings. The van der Waals surface area contributed by atoms with Gasteiger partial charge >= 0.3 is 5.97 Å². The fourth-order valence-corrected chi connectivity index (χ4v) is 9.29. The second-order valence-electron chi connectivity index (χ2n) is 14.6. The third-order valence-corrected chi connectivity index (χ3v) is 11.8. The maximum absolute atomic E-state index is 11.9. The summed E-state index contributed by atoms with van der Waals surface area (Å²) in [7, 11) is 0. The minimum absolute atomic E-state index is 0.101. The van der Waals surface area contributed by atoms with Crippen molar-refractivity contribution in [2.75, 3.05) is 6.61 Å². The average Bonchev–Trinajstić information content (AvgIpc) is 2.78. The van der Waals surface area contributed by atoms with Crippen LogP contribution in [0.5, 0.6) is 0 Å². The number of carboxylic acids is 1. The summed E-state index contributed by atoms with van der Waals surface area (Å²) in [6.07, 6.45) is 3.95. The molecule has 0 aliphatic heterocycles. The Labute approximate surface area is 221 Å². The summed E-state index contributed by atoms with van der Waals surface area (Å²) >= 11 is 0. The van der Waals surface area contributed by atoms with Crippen LogP contribution in [0.4, 0.5) is 0 Å². The molecule has 7 heteroatoms. The molecule has 0 amide bonds. The van der Waals surface area contributed by atoms with Gasteiger partial charge in [-0.05, 0) is 67.3 Å². The number of fused-ring (bicyclic) bond motifs is 4. The van der Waals surface area contributed by atoms with E-state index in [4.69, 9.17) is 0 Å². The monoisotopic (exact) mass is 520 g/mol. The predicted molar refractivity (Wildman–Crippen MR) is 140 cm³/mol. The molecule has 210 valence electrons. The molecular formula is C30H48O7. The van der Waals surface area contributed by atoms with Crippen LogP contribution in [0.2, 0.25) is 0 Å². The molecule has 0 heterocycles. The van der Waals surface area contributed by atoms with Crippen LogP contribution in [-0.2, 0) is 4.79 Å². The Bertz CT molecular complexity index is 1010. The largest absolute Gasteiger partial charge is 0.481 e. The standard InChI is InChI=1S/C30H48O7/c1-25(2)13-18-17-8-9-19-26(3,11-10-24(35)36)20(28(5,37)16-31)12-21(32)30(19,7)29(17,6)23(34)15-27(18,4)22(33)14-25/h8-9,19-23,31-34,37H,10-16H2,1-7H3,(H,35,36)/t19-,20-,21?,22?,23?,26-,27-,28-,29+,30+/m1/s1. The first kappa shape index (κ1) is 28.8. The molecule has 0 aromatic carbocycles. The maximum atomic E-state index is 11.9. The van der Waals surface area contributed by atoms with Crippen molar-refractivity contribution in [3.05, 3.63) is 23.3 Å². The van der Waals surface area contributed by atoms with Gasteiger partial charge in [0.2, 0.25) is 0 Å². The molecule has 0 radical (unpaired) electrons. The Kier molecular flexibility index (Phi) is 6.70. The van der Waals surface area contributed by atoms with E-state index in [0.717, 1.165) is 17.6 Å². The molecule has 0 bridgehead atoms. The van der Waals surface area contributed by atoms with Crippen molar-refractivity contribution in [1.82, 2.24) is 0 Å². The van der Waals surface area contributed by atoms with Crippen LogP contribution in [0.3, 0.4) is 0 Å². The molecule has 10 atom stereocenters. The van der Waals surface area contributed by atoms with Crippen molar-refractivity contribution < 1.29 is 35.4 Å². The van der Waals surface area contributed by atoms with Crippen molar-refractivity contribution >= 4 is 5.97 Å². The summed E-state index contributed by atoms with van der Waals surface area (Å²) in [5.74, 6) is -1.85. The molecule has 0 aromatic rings. The van der Waals surface area contributed by atoms with Gasteiger partial charge < -0.3 is 30.6 Å². The van der Waals surface area contributed by atoms with Crippen LogP contribution in [0.15, 0.2) is 23.3 Å². The van der Waals surface area contributed by atoms with Gasteiger partial charge in [0.1, 0.15) is 0 Å². The highest BCUT2D eigenvalue weighted by molar-refractivity contribution is 5.66. The molecule has 0 aromatic heterocycles. The van der Waals surface area contributed by atoms with Crippen molar-refractivity contribution in [1.29, 1.82) is 0 Å². The quantitative estimate of drug-likeness (QED) is 0.327. The molecule has 4 aliphatic rings. The number of carbonyl (C=O) groups is 1. The number of hydrogen-bond donors (Lipinski definition) is 6. The van der Waals surface area contributed by atoms with E-state index in [0.29, 0.717) is 12.8 Å². The number of allylic oxidation sites excluding steroid dienone is 2. The molecule has 3 unspecified atom stereocenters.